The Bertz CT molecular complexity index is 685. The molecule has 0 aliphatic carbocycles. The second-order valence-corrected chi connectivity index (χ2v) is 4.96. The van der Waals surface area contributed by atoms with E-state index in [-0.39, 0.29) is 6.79 Å². The van der Waals surface area contributed by atoms with E-state index < -0.39 is 6.09 Å². The Labute approximate surface area is 134 Å². The van der Waals surface area contributed by atoms with Gasteiger partial charge in [-0.15, -0.1) is 0 Å². The van der Waals surface area contributed by atoms with Crippen molar-refractivity contribution in [3.63, 3.8) is 0 Å². The highest BCUT2D eigenvalue weighted by Crippen LogP contribution is 2.32. The zero-order valence-electron chi connectivity index (χ0n) is 12.8. The summed E-state index contributed by atoms with van der Waals surface area (Å²) in [6.07, 6.45) is -0.450. The molecule has 2 aromatic carbocycles. The van der Waals surface area contributed by atoms with Crippen LogP contribution < -0.4 is 20.1 Å². The minimum Gasteiger partial charge on any atom is -0.454 e. The summed E-state index contributed by atoms with van der Waals surface area (Å²) in [7, 11) is 0. The lowest BCUT2D eigenvalue weighted by atomic mass is 10.2. The molecule has 0 fully saturated rings. The average molecular weight is 314 g/mol. The van der Waals surface area contributed by atoms with Crippen molar-refractivity contribution in [3.05, 3.63) is 48.0 Å². The van der Waals surface area contributed by atoms with E-state index >= 15 is 0 Å². The third kappa shape index (κ3) is 3.85. The van der Waals surface area contributed by atoms with Crippen LogP contribution in [-0.2, 0) is 11.3 Å². The molecule has 2 aromatic rings. The second kappa shape index (κ2) is 6.91. The van der Waals surface area contributed by atoms with Crippen LogP contribution in [-0.4, -0.2) is 19.5 Å². The van der Waals surface area contributed by atoms with Crippen LogP contribution in [0, 0.1) is 0 Å². The van der Waals surface area contributed by atoms with Crippen LogP contribution in [0.3, 0.4) is 0 Å². The van der Waals surface area contributed by atoms with Gasteiger partial charge in [-0.1, -0.05) is 6.07 Å². The first kappa shape index (κ1) is 15.0. The molecule has 0 aromatic heterocycles. The molecule has 0 saturated heterocycles. The highest BCUT2D eigenvalue weighted by Gasteiger charge is 2.12. The third-order valence-corrected chi connectivity index (χ3v) is 3.34. The molecule has 1 heterocycles. The molecule has 1 aliphatic heterocycles. The van der Waals surface area contributed by atoms with E-state index in [2.05, 4.69) is 10.6 Å². The van der Waals surface area contributed by atoms with Crippen LogP contribution in [0.5, 0.6) is 11.5 Å². The summed E-state index contributed by atoms with van der Waals surface area (Å²) in [5.74, 6) is 1.56. The lowest BCUT2D eigenvalue weighted by molar-refractivity contribution is 0.168. The van der Waals surface area contributed by atoms with Crippen molar-refractivity contribution in [1.29, 1.82) is 0 Å². The number of hydrogen-bond donors (Lipinski definition) is 2. The van der Waals surface area contributed by atoms with Gasteiger partial charge in [-0.2, -0.15) is 0 Å². The van der Waals surface area contributed by atoms with E-state index in [1.54, 1.807) is 6.92 Å². The molecule has 0 bridgehead atoms. The fourth-order valence-corrected chi connectivity index (χ4v) is 2.21. The highest BCUT2D eigenvalue weighted by atomic mass is 16.7. The van der Waals surface area contributed by atoms with E-state index in [1.165, 1.54) is 0 Å². The molecular formula is C17H18N2O4. The number of carbonyl (C=O) groups excluding carboxylic acids is 1. The Balaban J connectivity index is 1.55. The zero-order chi connectivity index (χ0) is 16.1. The van der Waals surface area contributed by atoms with Crippen LogP contribution in [0.25, 0.3) is 0 Å². The van der Waals surface area contributed by atoms with Gasteiger partial charge in [0, 0.05) is 17.9 Å². The standard InChI is InChI=1S/C17H18N2O4/c1-2-21-17(20)19-14-6-4-13(5-7-14)18-10-12-3-8-15-16(9-12)23-11-22-15/h3-9,18H,2,10-11H2,1H3,(H,19,20). The number of fused-ring (bicyclic) bond motifs is 1. The molecule has 3 rings (SSSR count). The molecule has 0 radical (unpaired) electrons. The van der Waals surface area contributed by atoms with Gasteiger partial charge in [0.2, 0.25) is 6.79 Å². The minimum atomic E-state index is -0.450. The normalized spacial score (nSPS) is 11.9. The quantitative estimate of drug-likeness (QED) is 0.882. The number of carbonyl (C=O) groups is 1. The van der Waals surface area contributed by atoms with Gasteiger partial charge in [0.15, 0.2) is 11.5 Å². The monoisotopic (exact) mass is 314 g/mol. The smallest absolute Gasteiger partial charge is 0.411 e. The van der Waals surface area contributed by atoms with Crippen molar-refractivity contribution in [2.45, 2.75) is 13.5 Å². The summed E-state index contributed by atoms with van der Waals surface area (Å²) in [4.78, 5) is 11.3. The molecule has 0 saturated carbocycles. The number of hydrogen-bond acceptors (Lipinski definition) is 5. The summed E-state index contributed by atoms with van der Waals surface area (Å²) in [5, 5.41) is 5.97. The molecule has 2 N–H and O–H groups in total. The SMILES string of the molecule is CCOC(=O)Nc1ccc(NCc2ccc3c(c2)OCO3)cc1. The Morgan fingerprint density at radius 1 is 1.09 bits per heavy atom. The van der Waals surface area contributed by atoms with E-state index in [1.807, 2.05) is 42.5 Å². The maximum Gasteiger partial charge on any atom is 0.411 e. The molecule has 0 atom stereocenters. The first-order valence-corrected chi connectivity index (χ1v) is 7.41. The molecule has 1 amide bonds. The maximum absolute atomic E-state index is 11.3. The highest BCUT2D eigenvalue weighted by molar-refractivity contribution is 5.84. The van der Waals surface area contributed by atoms with Crippen LogP contribution in [0.4, 0.5) is 16.2 Å². The number of rotatable bonds is 5. The van der Waals surface area contributed by atoms with Crippen molar-refractivity contribution in [2.75, 3.05) is 24.0 Å². The van der Waals surface area contributed by atoms with Crippen molar-refractivity contribution >= 4 is 17.5 Å². The van der Waals surface area contributed by atoms with Gasteiger partial charge in [0.1, 0.15) is 0 Å². The third-order valence-electron chi connectivity index (χ3n) is 3.34. The maximum atomic E-state index is 11.3. The van der Waals surface area contributed by atoms with Crippen LogP contribution in [0.15, 0.2) is 42.5 Å². The van der Waals surface area contributed by atoms with Crippen molar-refractivity contribution in [2.24, 2.45) is 0 Å². The predicted octanol–water partition coefficient (Wildman–Crippen LogP) is 3.60. The number of benzene rings is 2. The van der Waals surface area contributed by atoms with E-state index in [4.69, 9.17) is 14.2 Å². The van der Waals surface area contributed by atoms with Crippen molar-refractivity contribution < 1.29 is 19.0 Å². The summed E-state index contributed by atoms with van der Waals surface area (Å²) < 4.78 is 15.5. The Hall–Kier alpha value is -2.89. The summed E-state index contributed by atoms with van der Waals surface area (Å²) in [6.45, 7) is 3.06. The van der Waals surface area contributed by atoms with E-state index in [0.717, 1.165) is 22.7 Å². The predicted molar refractivity (Wildman–Crippen MR) is 87.0 cm³/mol. The van der Waals surface area contributed by atoms with Gasteiger partial charge >= 0.3 is 6.09 Å². The largest absolute Gasteiger partial charge is 0.454 e. The van der Waals surface area contributed by atoms with Gasteiger partial charge in [0.25, 0.3) is 0 Å². The van der Waals surface area contributed by atoms with Gasteiger partial charge in [-0.05, 0) is 48.9 Å². The molecule has 120 valence electrons. The molecule has 0 unspecified atom stereocenters. The summed E-state index contributed by atoms with van der Waals surface area (Å²) in [6, 6.07) is 13.3. The van der Waals surface area contributed by atoms with Gasteiger partial charge in [-0.3, -0.25) is 5.32 Å². The van der Waals surface area contributed by atoms with E-state index in [0.29, 0.717) is 18.8 Å². The second-order valence-electron chi connectivity index (χ2n) is 4.96. The lowest BCUT2D eigenvalue weighted by Crippen LogP contribution is -2.13. The fraction of sp³-hybridized carbons (Fsp3) is 0.235. The average Bonchev–Trinajstić information content (AvgIpc) is 3.02. The van der Waals surface area contributed by atoms with Gasteiger partial charge < -0.3 is 19.5 Å². The Morgan fingerprint density at radius 2 is 1.83 bits per heavy atom. The molecule has 6 heteroatoms. The Kier molecular flexibility index (Phi) is 4.52. The minimum absolute atomic E-state index is 0.279. The van der Waals surface area contributed by atoms with Crippen molar-refractivity contribution in [1.82, 2.24) is 0 Å². The number of anilines is 2. The van der Waals surface area contributed by atoms with Crippen molar-refractivity contribution in [3.8, 4) is 11.5 Å². The van der Waals surface area contributed by atoms with Gasteiger partial charge in [0.05, 0.1) is 6.61 Å². The number of amides is 1. The van der Waals surface area contributed by atoms with Crippen LogP contribution in [0.2, 0.25) is 0 Å². The molecule has 1 aliphatic rings. The Morgan fingerprint density at radius 3 is 2.61 bits per heavy atom. The molecule has 0 spiro atoms. The van der Waals surface area contributed by atoms with Gasteiger partial charge in [-0.25, -0.2) is 4.79 Å². The molecule has 6 nitrogen and oxygen atoms in total. The molecular weight excluding hydrogens is 296 g/mol. The molecule has 23 heavy (non-hydrogen) atoms. The fourth-order valence-electron chi connectivity index (χ4n) is 2.21. The number of nitrogens with one attached hydrogen (secondary N) is 2. The lowest BCUT2D eigenvalue weighted by Gasteiger charge is -2.09. The summed E-state index contributed by atoms with van der Waals surface area (Å²) in [5.41, 5.74) is 2.75. The topological polar surface area (TPSA) is 68.8 Å². The first-order chi connectivity index (χ1) is 11.2. The number of ether oxygens (including phenoxy) is 3. The van der Waals surface area contributed by atoms with Crippen LogP contribution >= 0.6 is 0 Å². The zero-order valence-corrected chi connectivity index (χ0v) is 12.8. The van der Waals surface area contributed by atoms with Crippen LogP contribution in [0.1, 0.15) is 12.5 Å². The van der Waals surface area contributed by atoms with E-state index in [9.17, 15) is 4.79 Å². The first-order valence-electron chi connectivity index (χ1n) is 7.41. The summed E-state index contributed by atoms with van der Waals surface area (Å²) >= 11 is 0.